The van der Waals surface area contributed by atoms with Crippen LogP contribution in [0.3, 0.4) is 0 Å². The molecular weight excluding hydrogens is 273 g/mol. The Balaban J connectivity index is 2.28. The number of ether oxygens (including phenoxy) is 1. The van der Waals surface area contributed by atoms with Crippen molar-refractivity contribution < 1.29 is 13.9 Å². The predicted octanol–water partition coefficient (Wildman–Crippen LogP) is 2.68. The molecule has 5 nitrogen and oxygen atoms in total. The molecule has 0 spiro atoms. The van der Waals surface area contributed by atoms with Gasteiger partial charge in [0.15, 0.2) is 0 Å². The van der Waals surface area contributed by atoms with E-state index in [-0.39, 0.29) is 11.3 Å². The molecule has 0 heterocycles. The lowest BCUT2D eigenvalue weighted by Gasteiger charge is -2.12. The van der Waals surface area contributed by atoms with Gasteiger partial charge in [0.1, 0.15) is 11.6 Å². The van der Waals surface area contributed by atoms with Crippen LogP contribution < -0.4 is 21.3 Å². The topological polar surface area (TPSA) is 76.4 Å². The number of nitrogens with one attached hydrogen (secondary N) is 2. The number of carbonyl (C=O) groups excluding carboxylic acids is 1. The number of amides is 1. The van der Waals surface area contributed by atoms with E-state index in [2.05, 4.69) is 10.7 Å². The lowest BCUT2D eigenvalue weighted by Crippen LogP contribution is -2.18. The minimum Gasteiger partial charge on any atom is -0.497 e. The van der Waals surface area contributed by atoms with Gasteiger partial charge in [-0.1, -0.05) is 6.07 Å². The number of para-hydroxylation sites is 1. The van der Waals surface area contributed by atoms with Crippen molar-refractivity contribution in [2.75, 3.05) is 17.9 Å². The SMILES string of the molecule is COc1ccc(NC(=O)c2cccc(F)c2NN)c(C)c1. The summed E-state index contributed by atoms with van der Waals surface area (Å²) in [6.07, 6.45) is 0. The van der Waals surface area contributed by atoms with Gasteiger partial charge in [0, 0.05) is 5.69 Å². The molecule has 0 radical (unpaired) electrons. The van der Waals surface area contributed by atoms with E-state index in [4.69, 9.17) is 10.6 Å². The van der Waals surface area contributed by atoms with E-state index < -0.39 is 11.7 Å². The average molecular weight is 289 g/mol. The van der Waals surface area contributed by atoms with Crippen LogP contribution in [0, 0.1) is 12.7 Å². The molecule has 4 N–H and O–H groups in total. The molecule has 0 saturated carbocycles. The first-order chi connectivity index (χ1) is 10.1. The molecule has 6 heteroatoms. The largest absolute Gasteiger partial charge is 0.497 e. The first-order valence-corrected chi connectivity index (χ1v) is 6.28. The number of nitrogens with two attached hydrogens (primary N) is 1. The number of methoxy groups -OCH3 is 1. The van der Waals surface area contributed by atoms with Crippen LogP contribution in [-0.4, -0.2) is 13.0 Å². The molecule has 0 saturated heterocycles. The lowest BCUT2D eigenvalue weighted by molar-refractivity contribution is 0.102. The standard InChI is InChI=1S/C15H16FN3O2/c1-9-8-10(21-2)6-7-13(9)18-15(20)11-4-3-5-12(16)14(11)19-17/h3-8,19H,17H2,1-2H3,(H,18,20). The number of anilines is 2. The molecule has 0 fully saturated rings. The summed E-state index contributed by atoms with van der Waals surface area (Å²) in [6.45, 7) is 1.84. The van der Waals surface area contributed by atoms with Crippen molar-refractivity contribution in [1.82, 2.24) is 0 Å². The maximum Gasteiger partial charge on any atom is 0.257 e. The Labute approximate surface area is 121 Å². The highest BCUT2D eigenvalue weighted by Gasteiger charge is 2.15. The van der Waals surface area contributed by atoms with E-state index in [0.717, 1.165) is 5.56 Å². The molecule has 2 aromatic carbocycles. The summed E-state index contributed by atoms with van der Waals surface area (Å²) >= 11 is 0. The van der Waals surface area contributed by atoms with Crippen LogP contribution in [0.2, 0.25) is 0 Å². The molecule has 0 aliphatic carbocycles. The van der Waals surface area contributed by atoms with E-state index in [1.807, 2.05) is 6.92 Å². The number of halogens is 1. The van der Waals surface area contributed by atoms with Gasteiger partial charge in [-0.2, -0.15) is 0 Å². The van der Waals surface area contributed by atoms with Gasteiger partial charge in [-0.25, -0.2) is 4.39 Å². The van der Waals surface area contributed by atoms with Crippen molar-refractivity contribution in [1.29, 1.82) is 0 Å². The molecule has 0 bridgehead atoms. The summed E-state index contributed by atoms with van der Waals surface area (Å²) in [4.78, 5) is 12.2. The average Bonchev–Trinajstić information content (AvgIpc) is 2.48. The molecule has 0 aromatic heterocycles. The molecule has 21 heavy (non-hydrogen) atoms. The second-order valence-electron chi connectivity index (χ2n) is 4.44. The monoisotopic (exact) mass is 289 g/mol. The van der Waals surface area contributed by atoms with Crippen molar-refractivity contribution in [3.05, 3.63) is 53.3 Å². The second-order valence-corrected chi connectivity index (χ2v) is 4.44. The molecule has 0 atom stereocenters. The van der Waals surface area contributed by atoms with Crippen LogP contribution in [0.4, 0.5) is 15.8 Å². The molecule has 110 valence electrons. The van der Waals surface area contributed by atoms with Crippen molar-refractivity contribution in [3.63, 3.8) is 0 Å². The maximum absolute atomic E-state index is 13.6. The lowest BCUT2D eigenvalue weighted by atomic mass is 10.1. The minimum atomic E-state index is -0.586. The van der Waals surface area contributed by atoms with E-state index in [0.29, 0.717) is 11.4 Å². The number of hydrogen-bond acceptors (Lipinski definition) is 4. The third-order valence-electron chi connectivity index (χ3n) is 3.08. The van der Waals surface area contributed by atoms with Crippen LogP contribution in [0.25, 0.3) is 0 Å². The number of nitrogen functional groups attached to an aromatic ring is 1. The van der Waals surface area contributed by atoms with Gasteiger partial charge < -0.3 is 15.5 Å². The van der Waals surface area contributed by atoms with Crippen molar-refractivity contribution in [3.8, 4) is 5.75 Å². The van der Waals surface area contributed by atoms with Crippen LogP contribution in [0.5, 0.6) is 5.75 Å². The van der Waals surface area contributed by atoms with Gasteiger partial charge in [-0.15, -0.1) is 0 Å². The van der Waals surface area contributed by atoms with E-state index in [1.165, 1.54) is 18.2 Å². The Hall–Kier alpha value is -2.60. The van der Waals surface area contributed by atoms with Crippen molar-refractivity contribution in [2.45, 2.75) is 6.92 Å². The Morgan fingerprint density at radius 2 is 2.05 bits per heavy atom. The fraction of sp³-hybridized carbons (Fsp3) is 0.133. The van der Waals surface area contributed by atoms with E-state index in [1.54, 1.807) is 25.3 Å². The number of hydrazine groups is 1. The highest BCUT2D eigenvalue weighted by molar-refractivity contribution is 6.08. The molecule has 2 aromatic rings. The van der Waals surface area contributed by atoms with Gasteiger partial charge in [0.2, 0.25) is 0 Å². The maximum atomic E-state index is 13.6. The van der Waals surface area contributed by atoms with Crippen molar-refractivity contribution in [2.24, 2.45) is 5.84 Å². The fourth-order valence-electron chi connectivity index (χ4n) is 1.95. The number of aryl methyl sites for hydroxylation is 1. The molecule has 1 amide bonds. The number of hydrogen-bond donors (Lipinski definition) is 3. The number of carbonyl (C=O) groups is 1. The summed E-state index contributed by atoms with van der Waals surface area (Å²) in [6, 6.07) is 9.42. The quantitative estimate of drug-likeness (QED) is 0.597. The summed E-state index contributed by atoms with van der Waals surface area (Å²) in [5, 5.41) is 2.72. The molecule has 0 aliphatic rings. The molecule has 0 unspecified atom stereocenters. The van der Waals surface area contributed by atoms with Gasteiger partial charge in [-0.3, -0.25) is 10.6 Å². The molecule has 2 rings (SSSR count). The first kappa shape index (κ1) is 14.8. The Morgan fingerprint density at radius 1 is 1.29 bits per heavy atom. The summed E-state index contributed by atoms with van der Waals surface area (Å²) < 4.78 is 18.7. The normalized spacial score (nSPS) is 10.1. The third kappa shape index (κ3) is 3.11. The molecule has 0 aliphatic heterocycles. The molecular formula is C15H16FN3O2. The Morgan fingerprint density at radius 3 is 2.67 bits per heavy atom. The third-order valence-corrected chi connectivity index (χ3v) is 3.08. The van der Waals surface area contributed by atoms with E-state index in [9.17, 15) is 9.18 Å². The zero-order valence-corrected chi connectivity index (χ0v) is 11.7. The predicted molar refractivity (Wildman–Crippen MR) is 79.9 cm³/mol. The Bertz CT molecular complexity index is 674. The fourth-order valence-corrected chi connectivity index (χ4v) is 1.95. The van der Waals surface area contributed by atoms with Crippen LogP contribution >= 0.6 is 0 Å². The smallest absolute Gasteiger partial charge is 0.257 e. The number of benzene rings is 2. The van der Waals surface area contributed by atoms with Crippen LogP contribution in [0.1, 0.15) is 15.9 Å². The summed E-state index contributed by atoms with van der Waals surface area (Å²) in [7, 11) is 1.57. The minimum absolute atomic E-state index is 0.0406. The summed E-state index contributed by atoms with van der Waals surface area (Å²) in [5.74, 6) is 4.92. The second kappa shape index (κ2) is 6.23. The van der Waals surface area contributed by atoms with Gasteiger partial charge in [-0.05, 0) is 42.8 Å². The van der Waals surface area contributed by atoms with Crippen LogP contribution in [0.15, 0.2) is 36.4 Å². The highest BCUT2D eigenvalue weighted by Crippen LogP contribution is 2.24. The zero-order valence-electron chi connectivity index (χ0n) is 11.7. The van der Waals surface area contributed by atoms with Crippen LogP contribution in [-0.2, 0) is 0 Å². The highest BCUT2D eigenvalue weighted by atomic mass is 19.1. The summed E-state index contributed by atoms with van der Waals surface area (Å²) in [5.41, 5.74) is 3.75. The van der Waals surface area contributed by atoms with E-state index >= 15 is 0 Å². The van der Waals surface area contributed by atoms with Gasteiger partial charge in [0.05, 0.1) is 18.4 Å². The van der Waals surface area contributed by atoms with Crippen molar-refractivity contribution >= 4 is 17.3 Å². The van der Waals surface area contributed by atoms with Gasteiger partial charge >= 0.3 is 0 Å². The first-order valence-electron chi connectivity index (χ1n) is 6.28. The Kier molecular flexibility index (Phi) is 4.39. The number of rotatable bonds is 4. The van der Waals surface area contributed by atoms with Gasteiger partial charge in [0.25, 0.3) is 5.91 Å². The zero-order chi connectivity index (χ0) is 15.4.